The van der Waals surface area contributed by atoms with E-state index in [1.807, 2.05) is 0 Å². The third kappa shape index (κ3) is 3.32. The number of hydrogen-bond acceptors (Lipinski definition) is 1. The minimum atomic E-state index is 0.709. The zero-order chi connectivity index (χ0) is 11.7. The van der Waals surface area contributed by atoms with Gasteiger partial charge in [0.1, 0.15) is 0 Å². The van der Waals surface area contributed by atoms with Crippen molar-refractivity contribution in [2.45, 2.75) is 47.1 Å². The predicted molar refractivity (Wildman–Crippen MR) is 76.0 cm³/mol. The van der Waals surface area contributed by atoms with Crippen molar-refractivity contribution in [3.8, 4) is 0 Å². The van der Waals surface area contributed by atoms with Crippen LogP contribution in [0.4, 0.5) is 0 Å². The van der Waals surface area contributed by atoms with Gasteiger partial charge in [-0.15, -0.1) is 0 Å². The van der Waals surface area contributed by atoms with Crippen molar-refractivity contribution >= 4 is 22.9 Å². The first-order chi connectivity index (χ1) is 6.86. The Kier molecular flexibility index (Phi) is 4.90. The fourth-order valence-corrected chi connectivity index (χ4v) is 3.54. The van der Waals surface area contributed by atoms with Gasteiger partial charge in [-0.2, -0.15) is 0 Å². The molecule has 5 atom stereocenters. The van der Waals surface area contributed by atoms with E-state index in [4.69, 9.17) is 0 Å². The molecule has 0 aliphatic heterocycles. The summed E-state index contributed by atoms with van der Waals surface area (Å²) in [5.74, 6) is 4.71. The summed E-state index contributed by atoms with van der Waals surface area (Å²) in [6.45, 7) is 12.0. The third-order valence-corrected chi connectivity index (χ3v) is 5.22. The van der Waals surface area contributed by atoms with E-state index in [1.165, 1.54) is 6.42 Å². The standard InChI is InChI=1S/C13H26IN/c1-8(2)12-11(5)13(12)9(3)7-10(4)15(6)14/h8-13H,7H2,1-6H3/t9?,10?,11-,12?,13-/m1/s1. The molecule has 1 aliphatic carbocycles. The molecule has 2 heteroatoms. The molecule has 15 heavy (non-hydrogen) atoms. The van der Waals surface area contributed by atoms with Gasteiger partial charge in [-0.3, -0.25) is 0 Å². The van der Waals surface area contributed by atoms with Crippen molar-refractivity contribution < 1.29 is 0 Å². The Bertz CT molecular complexity index is 203. The summed E-state index contributed by atoms with van der Waals surface area (Å²) in [6.07, 6.45) is 1.34. The zero-order valence-corrected chi connectivity index (χ0v) is 13.2. The van der Waals surface area contributed by atoms with Crippen LogP contribution < -0.4 is 0 Å². The summed E-state index contributed by atoms with van der Waals surface area (Å²) >= 11 is 2.40. The molecule has 1 rings (SSSR count). The summed E-state index contributed by atoms with van der Waals surface area (Å²) in [5.41, 5.74) is 0. The summed E-state index contributed by atoms with van der Waals surface area (Å²) in [6, 6.07) is 0.709. The summed E-state index contributed by atoms with van der Waals surface area (Å²) in [4.78, 5) is 0. The summed E-state index contributed by atoms with van der Waals surface area (Å²) in [5, 5.41) is 0. The van der Waals surface area contributed by atoms with E-state index in [-0.39, 0.29) is 0 Å². The fraction of sp³-hybridized carbons (Fsp3) is 1.00. The van der Waals surface area contributed by atoms with E-state index < -0.39 is 0 Å². The van der Waals surface area contributed by atoms with Crippen LogP contribution in [0.2, 0.25) is 0 Å². The first kappa shape index (κ1) is 13.8. The zero-order valence-electron chi connectivity index (χ0n) is 11.0. The van der Waals surface area contributed by atoms with Crippen LogP contribution >= 0.6 is 22.9 Å². The van der Waals surface area contributed by atoms with Crippen LogP contribution in [0.1, 0.15) is 41.0 Å². The predicted octanol–water partition coefficient (Wildman–Crippen LogP) is 4.22. The smallest absolute Gasteiger partial charge is 0.0201 e. The Balaban J connectivity index is 2.40. The molecule has 1 fully saturated rings. The summed E-state index contributed by atoms with van der Waals surface area (Å²) < 4.78 is 2.31. The number of nitrogens with zero attached hydrogens (tertiary/aromatic N) is 1. The van der Waals surface area contributed by atoms with Crippen molar-refractivity contribution in [1.82, 2.24) is 3.11 Å². The van der Waals surface area contributed by atoms with Crippen molar-refractivity contribution in [3.63, 3.8) is 0 Å². The highest BCUT2D eigenvalue weighted by atomic mass is 127. The fourth-order valence-electron chi connectivity index (χ4n) is 3.32. The minimum Gasteiger partial charge on any atom is -0.248 e. The molecular weight excluding hydrogens is 297 g/mol. The van der Waals surface area contributed by atoms with Crippen LogP contribution in [0.15, 0.2) is 0 Å². The molecule has 0 heterocycles. The summed E-state index contributed by atoms with van der Waals surface area (Å²) in [7, 11) is 2.17. The lowest BCUT2D eigenvalue weighted by molar-refractivity contribution is 0.325. The van der Waals surface area contributed by atoms with Crippen LogP contribution in [-0.4, -0.2) is 16.2 Å². The first-order valence-corrected chi connectivity index (χ1v) is 7.21. The highest BCUT2D eigenvalue weighted by Gasteiger charge is 2.50. The normalized spacial score (nSPS) is 34.6. The second-order valence-corrected chi connectivity index (χ2v) is 7.37. The van der Waals surface area contributed by atoms with Crippen LogP contribution in [0.5, 0.6) is 0 Å². The first-order valence-electron chi connectivity index (χ1n) is 6.24. The maximum atomic E-state index is 2.44. The van der Waals surface area contributed by atoms with Crippen LogP contribution in [0, 0.1) is 29.6 Å². The molecule has 0 bridgehead atoms. The number of halogens is 1. The van der Waals surface area contributed by atoms with Crippen molar-refractivity contribution in [1.29, 1.82) is 0 Å². The Labute approximate surface area is 109 Å². The van der Waals surface area contributed by atoms with E-state index in [0.29, 0.717) is 6.04 Å². The monoisotopic (exact) mass is 323 g/mol. The highest BCUT2D eigenvalue weighted by Crippen LogP contribution is 2.55. The van der Waals surface area contributed by atoms with Crippen molar-refractivity contribution in [3.05, 3.63) is 0 Å². The Morgan fingerprint density at radius 1 is 1.13 bits per heavy atom. The van der Waals surface area contributed by atoms with Gasteiger partial charge in [0, 0.05) is 28.9 Å². The quantitative estimate of drug-likeness (QED) is 0.541. The van der Waals surface area contributed by atoms with E-state index in [1.54, 1.807) is 0 Å². The Morgan fingerprint density at radius 3 is 2.00 bits per heavy atom. The Morgan fingerprint density at radius 2 is 1.67 bits per heavy atom. The molecule has 90 valence electrons. The van der Waals surface area contributed by atoms with E-state index in [9.17, 15) is 0 Å². The van der Waals surface area contributed by atoms with Gasteiger partial charge in [-0.1, -0.05) is 27.7 Å². The highest BCUT2D eigenvalue weighted by molar-refractivity contribution is 14.1. The lowest BCUT2D eigenvalue weighted by Gasteiger charge is -2.22. The molecule has 0 aromatic rings. The number of rotatable bonds is 5. The lowest BCUT2D eigenvalue weighted by atomic mass is 9.94. The molecule has 1 nitrogen and oxygen atoms in total. The van der Waals surface area contributed by atoms with Gasteiger partial charge in [0.15, 0.2) is 0 Å². The molecule has 0 spiro atoms. The maximum Gasteiger partial charge on any atom is 0.0201 e. The molecule has 0 aromatic heterocycles. The van der Waals surface area contributed by atoms with E-state index in [0.717, 1.165) is 29.6 Å². The molecular formula is C13H26IN. The second-order valence-electron chi connectivity index (χ2n) is 5.84. The maximum absolute atomic E-state index is 2.44. The molecule has 3 unspecified atom stereocenters. The van der Waals surface area contributed by atoms with Gasteiger partial charge in [0.05, 0.1) is 0 Å². The topological polar surface area (TPSA) is 3.24 Å². The molecule has 1 aliphatic rings. The second kappa shape index (κ2) is 5.35. The molecule has 0 N–H and O–H groups in total. The van der Waals surface area contributed by atoms with Gasteiger partial charge in [0.2, 0.25) is 0 Å². The van der Waals surface area contributed by atoms with Gasteiger partial charge in [0.25, 0.3) is 0 Å². The van der Waals surface area contributed by atoms with Gasteiger partial charge in [-0.25, -0.2) is 3.11 Å². The molecule has 0 amide bonds. The Hall–Kier alpha value is 0.690. The van der Waals surface area contributed by atoms with Gasteiger partial charge >= 0.3 is 0 Å². The average molecular weight is 323 g/mol. The van der Waals surface area contributed by atoms with Crippen LogP contribution in [0.3, 0.4) is 0 Å². The van der Waals surface area contributed by atoms with Crippen LogP contribution in [-0.2, 0) is 0 Å². The largest absolute Gasteiger partial charge is 0.248 e. The molecule has 1 saturated carbocycles. The van der Waals surface area contributed by atoms with Gasteiger partial charge in [-0.05, 0) is 50.0 Å². The van der Waals surface area contributed by atoms with E-state index >= 15 is 0 Å². The lowest BCUT2D eigenvalue weighted by Crippen LogP contribution is -2.22. The average Bonchev–Trinajstić information content (AvgIpc) is 2.76. The molecule has 0 aromatic carbocycles. The molecule has 0 radical (unpaired) electrons. The minimum absolute atomic E-state index is 0.709. The third-order valence-electron chi connectivity index (χ3n) is 4.26. The molecule has 0 saturated heterocycles. The van der Waals surface area contributed by atoms with Crippen LogP contribution in [0.25, 0.3) is 0 Å². The van der Waals surface area contributed by atoms with Crippen molar-refractivity contribution in [2.24, 2.45) is 29.6 Å². The van der Waals surface area contributed by atoms with Crippen molar-refractivity contribution in [2.75, 3.05) is 7.05 Å². The SMILES string of the molecule is CC(C)C1[C@H](C(C)CC(C)N(C)I)[C@@H]1C. The van der Waals surface area contributed by atoms with Gasteiger partial charge < -0.3 is 0 Å². The van der Waals surface area contributed by atoms with E-state index in [2.05, 4.69) is 67.6 Å². The number of hydrogen-bond donors (Lipinski definition) is 0.